The molecule has 2 aromatic heterocycles. The van der Waals surface area contributed by atoms with Gasteiger partial charge in [-0.15, -0.1) is 0 Å². The Balaban J connectivity index is 2.28. The summed E-state index contributed by atoms with van der Waals surface area (Å²) in [5.74, 6) is 0.565. The van der Waals surface area contributed by atoms with Crippen molar-refractivity contribution in [1.82, 2.24) is 18.7 Å². The molecule has 0 unspecified atom stereocenters. The fourth-order valence-corrected chi connectivity index (χ4v) is 3.21. The monoisotopic (exact) mass is 337 g/mol. The number of imidazole rings is 1. The van der Waals surface area contributed by atoms with Crippen LogP contribution in [0.15, 0.2) is 9.59 Å². The number of aromatic nitrogens is 4. The molecule has 1 aliphatic heterocycles. The zero-order chi connectivity index (χ0) is 17.4. The molecule has 1 atom stereocenters. The molecule has 1 saturated heterocycles. The lowest BCUT2D eigenvalue weighted by Gasteiger charge is -2.28. The molecule has 0 radical (unpaired) electrons. The number of aryl methyl sites for hydroxylation is 1. The number of fused-ring (bicyclic) bond motifs is 1. The lowest BCUT2D eigenvalue weighted by atomic mass is 10.1. The predicted octanol–water partition coefficient (Wildman–Crippen LogP) is -1.22. The van der Waals surface area contributed by atoms with Gasteiger partial charge >= 0.3 is 5.69 Å². The molecule has 0 spiro atoms. The van der Waals surface area contributed by atoms with Gasteiger partial charge in [-0.3, -0.25) is 13.9 Å². The second-order valence-electron chi connectivity index (χ2n) is 6.28. The van der Waals surface area contributed by atoms with Crippen molar-refractivity contribution in [3.63, 3.8) is 0 Å². The third-order valence-corrected chi connectivity index (χ3v) is 4.57. The summed E-state index contributed by atoms with van der Waals surface area (Å²) in [7, 11) is 2.99. The van der Waals surface area contributed by atoms with Gasteiger partial charge in [0, 0.05) is 27.2 Å². The molecule has 3 heterocycles. The molecule has 3 rings (SSSR count). The summed E-state index contributed by atoms with van der Waals surface area (Å²) >= 11 is 0. The van der Waals surface area contributed by atoms with E-state index in [9.17, 15) is 19.8 Å². The summed E-state index contributed by atoms with van der Waals surface area (Å²) in [5, 5.41) is 19.1. The highest BCUT2D eigenvalue weighted by atomic mass is 16.3. The van der Waals surface area contributed by atoms with Crippen LogP contribution in [0.4, 0.5) is 5.95 Å². The summed E-state index contributed by atoms with van der Waals surface area (Å²) in [4.78, 5) is 31.4. The topological polar surface area (TPSA) is 106 Å². The van der Waals surface area contributed by atoms with Crippen LogP contribution in [-0.2, 0) is 20.6 Å². The van der Waals surface area contributed by atoms with E-state index in [0.29, 0.717) is 11.6 Å². The van der Waals surface area contributed by atoms with Crippen LogP contribution in [0.2, 0.25) is 0 Å². The maximum absolute atomic E-state index is 12.6. The first-order valence-corrected chi connectivity index (χ1v) is 8.15. The maximum atomic E-state index is 12.6. The van der Waals surface area contributed by atoms with Crippen LogP contribution in [0, 0.1) is 0 Å². The molecular weight excluding hydrogens is 314 g/mol. The smallest absolute Gasteiger partial charge is 0.332 e. The van der Waals surface area contributed by atoms with Crippen LogP contribution in [0.1, 0.15) is 19.3 Å². The van der Waals surface area contributed by atoms with Gasteiger partial charge in [0.25, 0.3) is 5.56 Å². The van der Waals surface area contributed by atoms with Crippen LogP contribution in [0.3, 0.4) is 0 Å². The van der Waals surface area contributed by atoms with Crippen LogP contribution < -0.4 is 16.1 Å². The summed E-state index contributed by atoms with van der Waals surface area (Å²) in [6, 6.07) is 0. The molecule has 2 N–H and O–H groups in total. The van der Waals surface area contributed by atoms with Crippen molar-refractivity contribution >= 4 is 17.1 Å². The summed E-state index contributed by atoms with van der Waals surface area (Å²) in [5.41, 5.74) is -0.319. The van der Waals surface area contributed by atoms with Crippen molar-refractivity contribution < 1.29 is 10.2 Å². The van der Waals surface area contributed by atoms with Crippen molar-refractivity contribution in [3.05, 3.63) is 20.8 Å². The summed E-state index contributed by atoms with van der Waals surface area (Å²) < 4.78 is 4.00. The largest absolute Gasteiger partial charge is 0.394 e. The average molecular weight is 337 g/mol. The highest BCUT2D eigenvalue weighted by Gasteiger charge is 2.24. The zero-order valence-corrected chi connectivity index (χ0v) is 14.0. The Morgan fingerprint density at radius 3 is 2.42 bits per heavy atom. The van der Waals surface area contributed by atoms with Crippen molar-refractivity contribution in [2.24, 2.45) is 14.1 Å². The lowest BCUT2D eigenvalue weighted by Crippen LogP contribution is -2.38. The molecule has 0 amide bonds. The second-order valence-corrected chi connectivity index (χ2v) is 6.28. The molecule has 1 fully saturated rings. The Kier molecular flexibility index (Phi) is 4.46. The Labute approximate surface area is 138 Å². The predicted molar refractivity (Wildman–Crippen MR) is 89.4 cm³/mol. The van der Waals surface area contributed by atoms with E-state index in [0.717, 1.165) is 36.9 Å². The Morgan fingerprint density at radius 1 is 1.12 bits per heavy atom. The van der Waals surface area contributed by atoms with Crippen molar-refractivity contribution in [2.45, 2.75) is 31.9 Å². The molecule has 2 aromatic rings. The van der Waals surface area contributed by atoms with E-state index in [1.165, 1.54) is 11.6 Å². The van der Waals surface area contributed by atoms with Crippen LogP contribution in [0.25, 0.3) is 11.2 Å². The molecule has 1 aliphatic rings. The number of anilines is 1. The summed E-state index contributed by atoms with van der Waals surface area (Å²) in [6.07, 6.45) is 2.20. The van der Waals surface area contributed by atoms with Crippen LogP contribution in [-0.4, -0.2) is 54.7 Å². The lowest BCUT2D eigenvalue weighted by molar-refractivity contribution is 0.0822. The number of aliphatic hydroxyl groups is 2. The van der Waals surface area contributed by atoms with Crippen LogP contribution >= 0.6 is 0 Å². The van der Waals surface area contributed by atoms with Gasteiger partial charge in [0.2, 0.25) is 5.95 Å². The molecular formula is C15H23N5O4. The third kappa shape index (κ3) is 2.63. The average Bonchev–Trinajstić information content (AvgIpc) is 2.98. The fourth-order valence-electron chi connectivity index (χ4n) is 3.21. The van der Waals surface area contributed by atoms with Crippen molar-refractivity contribution in [1.29, 1.82) is 0 Å². The van der Waals surface area contributed by atoms with E-state index in [4.69, 9.17) is 0 Å². The zero-order valence-electron chi connectivity index (χ0n) is 14.0. The van der Waals surface area contributed by atoms with E-state index in [1.54, 1.807) is 11.6 Å². The minimum atomic E-state index is -1.01. The van der Waals surface area contributed by atoms with Gasteiger partial charge in [0.15, 0.2) is 11.2 Å². The Morgan fingerprint density at radius 2 is 1.79 bits per heavy atom. The molecule has 9 nitrogen and oxygen atoms in total. The van der Waals surface area contributed by atoms with Crippen molar-refractivity contribution in [3.8, 4) is 0 Å². The van der Waals surface area contributed by atoms with Gasteiger partial charge in [0.05, 0.1) is 19.3 Å². The highest BCUT2D eigenvalue weighted by molar-refractivity contribution is 5.74. The molecule has 0 aliphatic carbocycles. The van der Waals surface area contributed by atoms with E-state index in [1.807, 2.05) is 0 Å². The fraction of sp³-hybridized carbons (Fsp3) is 0.667. The number of aliphatic hydroxyl groups excluding tert-OH is 2. The van der Waals surface area contributed by atoms with E-state index >= 15 is 0 Å². The number of rotatable bonds is 4. The van der Waals surface area contributed by atoms with Gasteiger partial charge in [-0.2, -0.15) is 4.98 Å². The van der Waals surface area contributed by atoms with Gasteiger partial charge in [-0.05, 0) is 19.3 Å². The standard InChI is InChI=1S/C15H23N5O4/c1-17-12-11(13(23)18(2)15(17)24)20(8-10(22)9-21)14(16-12)19-6-4-3-5-7-19/h10,21-22H,3-9H2,1-2H3/t10-/m0/s1. The van der Waals surface area contributed by atoms with E-state index < -0.39 is 24.0 Å². The number of piperidine rings is 1. The van der Waals surface area contributed by atoms with Gasteiger partial charge < -0.3 is 19.7 Å². The second kappa shape index (κ2) is 6.40. The molecule has 0 saturated carbocycles. The van der Waals surface area contributed by atoms with E-state index in [-0.39, 0.29) is 12.1 Å². The van der Waals surface area contributed by atoms with Gasteiger partial charge in [-0.25, -0.2) is 4.79 Å². The van der Waals surface area contributed by atoms with E-state index in [2.05, 4.69) is 9.88 Å². The van der Waals surface area contributed by atoms with Gasteiger partial charge in [0.1, 0.15) is 0 Å². The normalized spacial score (nSPS) is 16.8. The Bertz CT molecular complexity index is 859. The molecule has 24 heavy (non-hydrogen) atoms. The first kappa shape index (κ1) is 16.7. The maximum Gasteiger partial charge on any atom is 0.332 e. The minimum absolute atomic E-state index is 0.0479. The molecule has 0 bridgehead atoms. The van der Waals surface area contributed by atoms with Crippen molar-refractivity contribution in [2.75, 3.05) is 24.6 Å². The SMILES string of the molecule is Cn1c(=O)c2c(nc(N3CCCCC3)n2C[C@H](O)CO)n(C)c1=O. The number of hydrogen-bond donors (Lipinski definition) is 2. The van der Waals surface area contributed by atoms with Gasteiger partial charge in [-0.1, -0.05) is 0 Å². The first-order valence-electron chi connectivity index (χ1n) is 8.15. The molecule has 0 aromatic carbocycles. The number of hydrogen-bond acceptors (Lipinski definition) is 6. The summed E-state index contributed by atoms with van der Waals surface area (Å²) in [6.45, 7) is 1.26. The quantitative estimate of drug-likeness (QED) is 0.724. The minimum Gasteiger partial charge on any atom is -0.394 e. The Hall–Kier alpha value is -2.13. The highest BCUT2D eigenvalue weighted by Crippen LogP contribution is 2.23. The first-order chi connectivity index (χ1) is 11.5. The molecule has 9 heteroatoms. The third-order valence-electron chi connectivity index (χ3n) is 4.57. The number of nitrogens with zero attached hydrogens (tertiary/aromatic N) is 5. The molecule has 132 valence electrons. The van der Waals surface area contributed by atoms with Crippen LogP contribution in [0.5, 0.6) is 0 Å².